The van der Waals surface area contributed by atoms with Crippen molar-refractivity contribution in [2.75, 3.05) is 14.2 Å². The van der Waals surface area contributed by atoms with E-state index in [1.165, 1.54) is 14.2 Å². The number of nitrogens with zero attached hydrogens (tertiary/aromatic N) is 1. The number of esters is 1. The van der Waals surface area contributed by atoms with Gasteiger partial charge in [-0.25, -0.2) is 4.79 Å². The third-order valence-corrected chi connectivity index (χ3v) is 1.95. The number of oxime groups is 1. The second-order valence-electron chi connectivity index (χ2n) is 2.93. The summed E-state index contributed by atoms with van der Waals surface area (Å²) in [6.45, 7) is 1.83. The minimum absolute atomic E-state index is 0.345. The van der Waals surface area contributed by atoms with Gasteiger partial charge in [0.15, 0.2) is 0 Å². The van der Waals surface area contributed by atoms with Crippen LogP contribution in [0, 0.1) is 0 Å². The molecule has 0 heterocycles. The molecule has 0 unspecified atom stereocenters. The van der Waals surface area contributed by atoms with Crippen molar-refractivity contribution in [1.29, 1.82) is 0 Å². The maximum Gasteiger partial charge on any atom is 0.337 e. The zero-order valence-corrected chi connectivity index (χ0v) is 8.98. The Morgan fingerprint density at radius 2 is 1.67 bits per heavy atom. The number of carbonyl (C=O) groups is 1. The zero-order chi connectivity index (χ0) is 11.3. The number of carbonyl (C=O) groups excluding carboxylic acids is 1. The lowest BCUT2D eigenvalue weighted by molar-refractivity contribution is 0.0601. The molecule has 0 radical (unpaired) electrons. The molecule has 1 aromatic carbocycles. The number of ether oxygens (including phenoxy) is 1. The van der Waals surface area contributed by atoms with Crippen molar-refractivity contribution in [3.63, 3.8) is 0 Å². The summed E-state index contributed by atoms with van der Waals surface area (Å²) in [5, 5.41) is 3.79. The van der Waals surface area contributed by atoms with Gasteiger partial charge in [-0.05, 0) is 24.6 Å². The lowest BCUT2D eigenvalue weighted by atomic mass is 10.1. The van der Waals surface area contributed by atoms with Crippen LogP contribution in [0.3, 0.4) is 0 Å². The van der Waals surface area contributed by atoms with Crippen molar-refractivity contribution in [1.82, 2.24) is 0 Å². The second kappa shape index (κ2) is 5.14. The van der Waals surface area contributed by atoms with Crippen molar-refractivity contribution < 1.29 is 14.4 Å². The molecule has 0 aliphatic carbocycles. The fraction of sp³-hybridized carbons (Fsp3) is 0.273. The summed E-state index contributed by atoms with van der Waals surface area (Å²) in [6, 6.07) is 6.97. The average Bonchev–Trinajstić information content (AvgIpc) is 2.28. The van der Waals surface area contributed by atoms with Crippen LogP contribution in [0.1, 0.15) is 22.8 Å². The highest BCUT2D eigenvalue weighted by molar-refractivity contribution is 5.99. The van der Waals surface area contributed by atoms with E-state index in [1.807, 2.05) is 6.92 Å². The molecule has 0 bridgehead atoms. The monoisotopic (exact) mass is 207 g/mol. The van der Waals surface area contributed by atoms with Crippen LogP contribution >= 0.6 is 0 Å². The Morgan fingerprint density at radius 1 is 1.13 bits per heavy atom. The van der Waals surface area contributed by atoms with Gasteiger partial charge in [0.1, 0.15) is 7.11 Å². The van der Waals surface area contributed by atoms with E-state index in [2.05, 4.69) is 14.7 Å². The lowest BCUT2D eigenvalue weighted by Crippen LogP contribution is -2.02. The molecule has 0 atom stereocenters. The molecule has 0 fully saturated rings. The number of hydrogen-bond donors (Lipinski definition) is 0. The topological polar surface area (TPSA) is 47.9 Å². The molecule has 0 amide bonds. The first-order chi connectivity index (χ1) is 7.19. The summed E-state index contributed by atoms with van der Waals surface area (Å²) < 4.78 is 4.59. The fourth-order valence-electron chi connectivity index (χ4n) is 1.15. The summed E-state index contributed by atoms with van der Waals surface area (Å²) in [6.07, 6.45) is 0. The van der Waals surface area contributed by atoms with Gasteiger partial charge in [-0.2, -0.15) is 0 Å². The van der Waals surface area contributed by atoms with Gasteiger partial charge in [-0.3, -0.25) is 0 Å². The van der Waals surface area contributed by atoms with Crippen molar-refractivity contribution in [3.05, 3.63) is 35.4 Å². The Balaban J connectivity index is 2.90. The van der Waals surface area contributed by atoms with Crippen LogP contribution in [0.2, 0.25) is 0 Å². The maximum absolute atomic E-state index is 11.1. The van der Waals surface area contributed by atoms with Crippen LogP contribution in [0.4, 0.5) is 0 Å². The number of benzene rings is 1. The summed E-state index contributed by atoms with van der Waals surface area (Å²) in [5.74, 6) is -0.345. The van der Waals surface area contributed by atoms with E-state index in [0.29, 0.717) is 5.56 Å². The summed E-state index contributed by atoms with van der Waals surface area (Å²) in [5.41, 5.74) is 2.19. The summed E-state index contributed by atoms with van der Waals surface area (Å²) >= 11 is 0. The quantitative estimate of drug-likeness (QED) is 0.431. The van der Waals surface area contributed by atoms with Gasteiger partial charge in [0.2, 0.25) is 0 Å². The van der Waals surface area contributed by atoms with Gasteiger partial charge in [-0.1, -0.05) is 17.3 Å². The molecular formula is C11H13NO3. The van der Waals surface area contributed by atoms with Gasteiger partial charge < -0.3 is 9.57 Å². The molecule has 0 aliphatic heterocycles. The maximum atomic E-state index is 11.1. The van der Waals surface area contributed by atoms with Crippen LogP contribution in [-0.2, 0) is 9.57 Å². The minimum Gasteiger partial charge on any atom is -0.465 e. The van der Waals surface area contributed by atoms with Crippen LogP contribution in [-0.4, -0.2) is 25.9 Å². The highest BCUT2D eigenvalue weighted by atomic mass is 16.6. The second-order valence-corrected chi connectivity index (χ2v) is 2.93. The van der Waals surface area contributed by atoms with E-state index in [1.54, 1.807) is 24.3 Å². The van der Waals surface area contributed by atoms with Gasteiger partial charge >= 0.3 is 5.97 Å². The first-order valence-electron chi connectivity index (χ1n) is 4.45. The molecule has 1 rings (SSSR count). The first-order valence-corrected chi connectivity index (χ1v) is 4.45. The molecule has 0 aromatic heterocycles. The van der Waals surface area contributed by atoms with Crippen molar-refractivity contribution in [2.45, 2.75) is 6.92 Å². The molecule has 4 heteroatoms. The first kappa shape index (κ1) is 11.2. The van der Waals surface area contributed by atoms with Gasteiger partial charge in [0, 0.05) is 0 Å². The van der Waals surface area contributed by atoms with Crippen molar-refractivity contribution in [3.8, 4) is 0 Å². The van der Waals surface area contributed by atoms with E-state index in [0.717, 1.165) is 11.3 Å². The van der Waals surface area contributed by atoms with Crippen LogP contribution in [0.25, 0.3) is 0 Å². The molecule has 0 spiro atoms. The Labute approximate surface area is 88.5 Å². The van der Waals surface area contributed by atoms with Gasteiger partial charge in [0.25, 0.3) is 0 Å². The van der Waals surface area contributed by atoms with E-state index in [-0.39, 0.29) is 5.97 Å². The van der Waals surface area contributed by atoms with E-state index in [4.69, 9.17) is 0 Å². The van der Waals surface area contributed by atoms with E-state index < -0.39 is 0 Å². The SMILES string of the molecule is CO/N=C(/C)c1ccc(C(=O)OC)cc1. The smallest absolute Gasteiger partial charge is 0.337 e. The number of hydrogen-bond acceptors (Lipinski definition) is 4. The summed E-state index contributed by atoms with van der Waals surface area (Å²) in [7, 11) is 2.85. The van der Waals surface area contributed by atoms with Gasteiger partial charge in [0.05, 0.1) is 18.4 Å². The lowest BCUT2D eigenvalue weighted by Gasteiger charge is -2.01. The highest BCUT2D eigenvalue weighted by Gasteiger charge is 2.05. The Bertz CT molecular complexity index is 368. The molecular weight excluding hydrogens is 194 g/mol. The van der Waals surface area contributed by atoms with Crippen molar-refractivity contribution in [2.24, 2.45) is 5.16 Å². The molecule has 0 saturated carbocycles. The normalized spacial score (nSPS) is 11.0. The standard InChI is InChI=1S/C11H13NO3/c1-8(12-15-3)9-4-6-10(7-5-9)11(13)14-2/h4-7H,1-3H3/b12-8-. The van der Waals surface area contributed by atoms with E-state index >= 15 is 0 Å². The zero-order valence-electron chi connectivity index (χ0n) is 8.98. The van der Waals surface area contributed by atoms with E-state index in [9.17, 15) is 4.79 Å². The fourth-order valence-corrected chi connectivity index (χ4v) is 1.15. The largest absolute Gasteiger partial charge is 0.465 e. The molecule has 4 nitrogen and oxygen atoms in total. The highest BCUT2D eigenvalue weighted by Crippen LogP contribution is 2.07. The van der Waals surface area contributed by atoms with Crippen LogP contribution < -0.4 is 0 Å². The van der Waals surface area contributed by atoms with Crippen molar-refractivity contribution >= 4 is 11.7 Å². The summed E-state index contributed by atoms with van der Waals surface area (Å²) in [4.78, 5) is 15.8. The predicted octanol–water partition coefficient (Wildman–Crippen LogP) is 1.84. The molecule has 0 aliphatic rings. The minimum atomic E-state index is -0.345. The Hall–Kier alpha value is -1.84. The Morgan fingerprint density at radius 3 is 2.13 bits per heavy atom. The third kappa shape index (κ3) is 2.80. The number of rotatable bonds is 3. The van der Waals surface area contributed by atoms with Crippen LogP contribution in [0.15, 0.2) is 29.4 Å². The number of methoxy groups -OCH3 is 1. The molecule has 0 N–H and O–H groups in total. The average molecular weight is 207 g/mol. The third-order valence-electron chi connectivity index (χ3n) is 1.95. The predicted molar refractivity (Wildman–Crippen MR) is 57.0 cm³/mol. The van der Waals surface area contributed by atoms with Crippen LogP contribution in [0.5, 0.6) is 0 Å². The molecule has 15 heavy (non-hydrogen) atoms. The molecule has 0 saturated heterocycles. The Kier molecular flexibility index (Phi) is 3.85. The molecule has 80 valence electrons. The molecule has 1 aromatic rings. The van der Waals surface area contributed by atoms with Gasteiger partial charge in [-0.15, -0.1) is 0 Å².